The van der Waals surface area contributed by atoms with Gasteiger partial charge >= 0.3 is 0 Å². The topological polar surface area (TPSA) is 80.3 Å². The fourth-order valence-electron chi connectivity index (χ4n) is 3.97. The Morgan fingerprint density at radius 3 is 2.53 bits per heavy atom. The lowest BCUT2D eigenvalue weighted by atomic mass is 10.1. The van der Waals surface area contributed by atoms with Gasteiger partial charge in [-0.25, -0.2) is 4.98 Å². The van der Waals surface area contributed by atoms with Gasteiger partial charge in [0.05, 0.1) is 0 Å². The third-order valence-corrected chi connectivity index (χ3v) is 6.66. The van der Waals surface area contributed by atoms with Crippen molar-refractivity contribution in [2.24, 2.45) is 0 Å². The van der Waals surface area contributed by atoms with Crippen LogP contribution < -0.4 is 10.6 Å². The van der Waals surface area contributed by atoms with Crippen molar-refractivity contribution in [1.29, 1.82) is 0 Å². The van der Waals surface area contributed by atoms with Crippen molar-refractivity contribution in [3.05, 3.63) is 100 Å². The van der Waals surface area contributed by atoms with Gasteiger partial charge in [-0.05, 0) is 116 Å². The highest BCUT2D eigenvalue weighted by molar-refractivity contribution is 7.80. The van der Waals surface area contributed by atoms with Crippen LogP contribution in [0.15, 0.2) is 81.6 Å². The number of anilines is 1. The molecule has 1 amide bonds. The number of furan rings is 1. The second-order valence-electron chi connectivity index (χ2n) is 8.89. The van der Waals surface area contributed by atoms with Gasteiger partial charge < -0.3 is 14.2 Å². The molecule has 0 aliphatic rings. The van der Waals surface area contributed by atoms with Crippen molar-refractivity contribution in [3.63, 3.8) is 0 Å². The van der Waals surface area contributed by atoms with Gasteiger partial charge in [-0.1, -0.05) is 17.7 Å². The first-order chi connectivity index (χ1) is 18.3. The number of oxazole rings is 1. The van der Waals surface area contributed by atoms with E-state index in [2.05, 4.69) is 22.5 Å². The maximum absolute atomic E-state index is 12.5. The van der Waals surface area contributed by atoms with Gasteiger partial charge in [-0.15, -0.1) is 0 Å². The highest BCUT2D eigenvalue weighted by atomic mass is 35.5. The van der Waals surface area contributed by atoms with Crippen molar-refractivity contribution >= 4 is 57.7 Å². The van der Waals surface area contributed by atoms with Crippen LogP contribution in [0, 0.1) is 20.8 Å². The minimum absolute atomic E-state index is 0.171. The molecule has 2 heterocycles. The molecule has 0 spiro atoms. The number of hydrogen-bond donors (Lipinski definition) is 2. The fourth-order valence-corrected chi connectivity index (χ4v) is 4.31. The van der Waals surface area contributed by atoms with Gasteiger partial charge in [0.15, 0.2) is 10.7 Å². The Morgan fingerprint density at radius 2 is 1.74 bits per heavy atom. The third kappa shape index (κ3) is 5.54. The Kier molecular flexibility index (Phi) is 7.13. The van der Waals surface area contributed by atoms with Crippen LogP contribution in [0.4, 0.5) is 5.69 Å². The van der Waals surface area contributed by atoms with Crippen molar-refractivity contribution in [1.82, 2.24) is 10.3 Å². The van der Waals surface area contributed by atoms with Crippen LogP contribution in [0.2, 0.25) is 5.02 Å². The number of aryl methyl sites for hydroxylation is 2. The molecule has 8 heteroatoms. The lowest BCUT2D eigenvalue weighted by Gasteiger charge is -2.12. The summed E-state index contributed by atoms with van der Waals surface area (Å²) in [5.74, 6) is 1.36. The molecule has 6 nitrogen and oxygen atoms in total. The van der Waals surface area contributed by atoms with Crippen molar-refractivity contribution in [2.45, 2.75) is 20.8 Å². The molecule has 2 N–H and O–H groups in total. The van der Waals surface area contributed by atoms with Crippen LogP contribution in [0.5, 0.6) is 0 Å². The molecule has 2 aromatic heterocycles. The number of fused-ring (bicyclic) bond motifs is 1. The normalized spacial score (nSPS) is 11.3. The summed E-state index contributed by atoms with van der Waals surface area (Å²) in [6.45, 7) is 6.05. The molecule has 0 atom stereocenters. The zero-order valence-corrected chi connectivity index (χ0v) is 22.5. The van der Waals surface area contributed by atoms with Crippen LogP contribution in [0.3, 0.4) is 0 Å². The van der Waals surface area contributed by atoms with Crippen molar-refractivity contribution in [2.75, 3.05) is 5.32 Å². The third-order valence-electron chi connectivity index (χ3n) is 6.21. The highest BCUT2D eigenvalue weighted by Crippen LogP contribution is 2.31. The first kappa shape index (κ1) is 25.4. The largest absolute Gasteiger partial charge is 0.457 e. The number of halogens is 1. The predicted molar refractivity (Wildman–Crippen MR) is 156 cm³/mol. The Hall–Kier alpha value is -4.20. The highest BCUT2D eigenvalue weighted by Gasteiger charge is 2.14. The van der Waals surface area contributed by atoms with E-state index in [9.17, 15) is 4.79 Å². The van der Waals surface area contributed by atoms with Gasteiger partial charge in [-0.3, -0.25) is 10.1 Å². The SMILES string of the molecule is Cc1cc2nc(-c3cccc(NC(=S)NC(=O)/C=C/c4ccc(-c5ccc(Cl)cc5)o4)c3C)oc2cc1C. The van der Waals surface area contributed by atoms with E-state index < -0.39 is 0 Å². The average molecular weight is 542 g/mol. The minimum Gasteiger partial charge on any atom is -0.457 e. The molecule has 0 bridgehead atoms. The number of carbonyl (C=O) groups excluding carboxylic acids is 1. The second-order valence-corrected chi connectivity index (χ2v) is 9.73. The molecule has 38 heavy (non-hydrogen) atoms. The molecule has 0 saturated heterocycles. The lowest BCUT2D eigenvalue weighted by Crippen LogP contribution is -2.33. The molecule has 0 aliphatic heterocycles. The average Bonchev–Trinajstić information content (AvgIpc) is 3.52. The summed E-state index contributed by atoms with van der Waals surface area (Å²) < 4.78 is 11.8. The van der Waals surface area contributed by atoms with Gasteiger partial charge in [0, 0.05) is 27.9 Å². The van der Waals surface area contributed by atoms with Gasteiger partial charge in [0.1, 0.15) is 17.0 Å². The molecule has 5 rings (SSSR count). The lowest BCUT2D eigenvalue weighted by molar-refractivity contribution is -0.115. The molecular formula is C30H24ClN3O3S. The smallest absolute Gasteiger partial charge is 0.250 e. The van der Waals surface area contributed by atoms with Crippen LogP contribution in [0.25, 0.3) is 40.0 Å². The molecule has 0 saturated carbocycles. The van der Waals surface area contributed by atoms with E-state index in [1.807, 2.05) is 62.4 Å². The van der Waals surface area contributed by atoms with Crippen molar-refractivity contribution < 1.29 is 13.6 Å². The number of rotatable bonds is 5. The summed E-state index contributed by atoms with van der Waals surface area (Å²) in [7, 11) is 0. The van der Waals surface area contributed by atoms with E-state index in [0.717, 1.165) is 44.6 Å². The van der Waals surface area contributed by atoms with E-state index in [1.165, 1.54) is 6.08 Å². The molecule has 0 fully saturated rings. The standard InChI is InChI=1S/C30H24ClN3O3S/c1-17-15-25-27(16-18(17)2)37-29(32-25)23-5-4-6-24(19(23)3)33-30(38)34-28(35)14-12-22-11-13-26(36-22)20-7-9-21(31)10-8-20/h4-16H,1-3H3,(H2,33,34,35,38)/b14-12+. The maximum Gasteiger partial charge on any atom is 0.250 e. The van der Waals surface area contributed by atoms with E-state index in [4.69, 9.17) is 32.7 Å². The number of nitrogens with one attached hydrogen (secondary N) is 2. The number of thiocarbonyl (C=S) groups is 1. The molecule has 0 aliphatic carbocycles. The molecule has 3 aromatic carbocycles. The zero-order chi connectivity index (χ0) is 26.8. The number of hydrogen-bond acceptors (Lipinski definition) is 5. The molecule has 0 unspecified atom stereocenters. The Morgan fingerprint density at radius 1 is 0.974 bits per heavy atom. The van der Waals surface area contributed by atoms with Crippen LogP contribution in [0.1, 0.15) is 22.5 Å². The van der Waals surface area contributed by atoms with Gasteiger partial charge in [0.2, 0.25) is 11.8 Å². The van der Waals surface area contributed by atoms with E-state index in [0.29, 0.717) is 22.4 Å². The van der Waals surface area contributed by atoms with E-state index >= 15 is 0 Å². The molecule has 0 radical (unpaired) electrons. The second kappa shape index (κ2) is 10.7. The van der Waals surface area contributed by atoms with Crippen LogP contribution in [-0.4, -0.2) is 16.0 Å². The molecule has 5 aromatic rings. The summed E-state index contributed by atoms with van der Waals surface area (Å²) in [5.41, 5.74) is 7.23. The van der Waals surface area contributed by atoms with E-state index in [-0.39, 0.29) is 11.0 Å². The monoisotopic (exact) mass is 541 g/mol. The maximum atomic E-state index is 12.5. The Balaban J connectivity index is 1.24. The van der Waals surface area contributed by atoms with Crippen LogP contribution >= 0.6 is 23.8 Å². The van der Waals surface area contributed by atoms with E-state index in [1.54, 1.807) is 24.3 Å². The molecular weight excluding hydrogens is 518 g/mol. The minimum atomic E-state index is -0.384. The number of amides is 1. The van der Waals surface area contributed by atoms with Crippen LogP contribution in [-0.2, 0) is 4.79 Å². The quantitative estimate of drug-likeness (QED) is 0.174. The summed E-state index contributed by atoms with van der Waals surface area (Å²) >= 11 is 11.3. The fraction of sp³-hybridized carbons (Fsp3) is 0.100. The summed E-state index contributed by atoms with van der Waals surface area (Å²) in [6.07, 6.45) is 2.95. The Bertz CT molecular complexity index is 1660. The molecule has 190 valence electrons. The van der Waals surface area contributed by atoms with Crippen molar-refractivity contribution in [3.8, 4) is 22.8 Å². The predicted octanol–water partition coefficient (Wildman–Crippen LogP) is 7.86. The first-order valence-corrected chi connectivity index (χ1v) is 12.7. The number of benzene rings is 3. The number of aromatic nitrogens is 1. The summed E-state index contributed by atoms with van der Waals surface area (Å²) in [5, 5.41) is 6.58. The zero-order valence-electron chi connectivity index (χ0n) is 21.0. The number of carbonyl (C=O) groups is 1. The first-order valence-electron chi connectivity index (χ1n) is 11.9. The summed E-state index contributed by atoms with van der Waals surface area (Å²) in [6, 6.07) is 20.7. The number of nitrogens with zero attached hydrogens (tertiary/aromatic N) is 1. The van der Waals surface area contributed by atoms with Gasteiger partial charge in [0.25, 0.3) is 0 Å². The van der Waals surface area contributed by atoms with Gasteiger partial charge in [-0.2, -0.15) is 0 Å². The Labute approximate surface area is 230 Å². The summed E-state index contributed by atoms with van der Waals surface area (Å²) in [4.78, 5) is 17.1.